The van der Waals surface area contributed by atoms with Gasteiger partial charge >= 0.3 is 0 Å². The van der Waals surface area contributed by atoms with Crippen LogP contribution in [0.4, 0.5) is 5.82 Å². The molecule has 2 N–H and O–H groups in total. The molecule has 0 amide bonds. The zero-order valence-electron chi connectivity index (χ0n) is 14.4. The maximum Gasteiger partial charge on any atom is 0.253 e. The zero-order valence-corrected chi connectivity index (χ0v) is 14.4. The molecule has 3 aromatic rings. The number of anilines is 1. The molecule has 0 fully saturated rings. The molecular weight excluding hydrogens is 312 g/mol. The predicted molar refractivity (Wildman–Crippen MR) is 97.1 cm³/mol. The first kappa shape index (κ1) is 16.6. The standard InChI is InChI=1S/C20H20N4O/c1-14-6-5-8-16(10-14)13-25-20-18(11-21)19(22)24(23-20)12-17-9-4-3-7-15(17)2/h3-10H,12-13,22H2,1-2H3. The van der Waals surface area contributed by atoms with Gasteiger partial charge in [0.25, 0.3) is 5.88 Å². The Hall–Kier alpha value is -3.26. The lowest BCUT2D eigenvalue weighted by molar-refractivity contribution is 0.289. The highest BCUT2D eigenvalue weighted by molar-refractivity contribution is 5.55. The third-order valence-corrected chi connectivity index (χ3v) is 4.11. The van der Waals surface area contributed by atoms with Crippen molar-refractivity contribution in [2.45, 2.75) is 27.0 Å². The van der Waals surface area contributed by atoms with Crippen molar-refractivity contribution in [3.8, 4) is 11.9 Å². The van der Waals surface area contributed by atoms with Crippen LogP contribution in [0.1, 0.15) is 27.8 Å². The van der Waals surface area contributed by atoms with Crippen LogP contribution < -0.4 is 10.5 Å². The predicted octanol–water partition coefficient (Wildman–Crippen LogP) is 3.58. The van der Waals surface area contributed by atoms with E-state index in [0.29, 0.717) is 19.0 Å². The van der Waals surface area contributed by atoms with E-state index in [4.69, 9.17) is 10.5 Å². The van der Waals surface area contributed by atoms with Gasteiger partial charge in [-0.3, -0.25) is 0 Å². The van der Waals surface area contributed by atoms with E-state index in [1.807, 2.05) is 62.4 Å². The number of aromatic nitrogens is 2. The minimum atomic E-state index is 0.273. The Morgan fingerprint density at radius 1 is 1.16 bits per heavy atom. The number of nitrogen functional groups attached to an aromatic ring is 1. The highest BCUT2D eigenvalue weighted by Crippen LogP contribution is 2.25. The summed E-state index contributed by atoms with van der Waals surface area (Å²) in [6.07, 6.45) is 0. The van der Waals surface area contributed by atoms with Crippen LogP contribution in [0.5, 0.6) is 5.88 Å². The van der Waals surface area contributed by atoms with Crippen LogP contribution in [0.2, 0.25) is 0 Å². The highest BCUT2D eigenvalue weighted by Gasteiger charge is 2.17. The summed E-state index contributed by atoms with van der Waals surface area (Å²) in [5.41, 5.74) is 10.8. The monoisotopic (exact) mass is 332 g/mol. The van der Waals surface area contributed by atoms with Crippen molar-refractivity contribution >= 4 is 5.82 Å². The number of hydrogen-bond acceptors (Lipinski definition) is 4. The van der Waals surface area contributed by atoms with Crippen molar-refractivity contribution in [2.24, 2.45) is 0 Å². The molecule has 0 spiro atoms. The molecule has 25 heavy (non-hydrogen) atoms. The van der Waals surface area contributed by atoms with E-state index >= 15 is 0 Å². The average molecular weight is 332 g/mol. The molecule has 0 saturated carbocycles. The number of nitrogens with two attached hydrogens (primary N) is 1. The van der Waals surface area contributed by atoms with Crippen LogP contribution in [-0.2, 0) is 13.2 Å². The minimum absolute atomic E-state index is 0.273. The lowest BCUT2D eigenvalue weighted by atomic mass is 10.1. The Labute approximate surface area is 147 Å². The highest BCUT2D eigenvalue weighted by atomic mass is 16.5. The fraction of sp³-hybridized carbons (Fsp3) is 0.200. The van der Waals surface area contributed by atoms with Crippen LogP contribution in [0, 0.1) is 25.2 Å². The van der Waals surface area contributed by atoms with Crippen LogP contribution in [0.3, 0.4) is 0 Å². The molecule has 0 aliphatic rings. The van der Waals surface area contributed by atoms with Gasteiger partial charge in [-0.15, -0.1) is 5.10 Å². The molecule has 0 radical (unpaired) electrons. The maximum absolute atomic E-state index is 9.41. The van der Waals surface area contributed by atoms with Gasteiger partial charge in [-0.25, -0.2) is 4.68 Å². The summed E-state index contributed by atoms with van der Waals surface area (Å²) in [4.78, 5) is 0. The number of benzene rings is 2. The number of nitrogens with zero attached hydrogens (tertiary/aromatic N) is 3. The molecule has 126 valence electrons. The van der Waals surface area contributed by atoms with Gasteiger partial charge in [-0.1, -0.05) is 54.1 Å². The fourth-order valence-corrected chi connectivity index (χ4v) is 2.68. The fourth-order valence-electron chi connectivity index (χ4n) is 2.68. The SMILES string of the molecule is Cc1cccc(COc2nn(Cc3ccccc3C)c(N)c2C#N)c1. The molecule has 1 heterocycles. The number of rotatable bonds is 5. The first-order valence-corrected chi connectivity index (χ1v) is 8.07. The van der Waals surface area contributed by atoms with Crippen LogP contribution in [-0.4, -0.2) is 9.78 Å². The van der Waals surface area contributed by atoms with Crippen molar-refractivity contribution in [1.82, 2.24) is 9.78 Å². The topological polar surface area (TPSA) is 76.9 Å². The first-order valence-electron chi connectivity index (χ1n) is 8.07. The summed E-state index contributed by atoms with van der Waals surface area (Å²) >= 11 is 0. The van der Waals surface area contributed by atoms with Gasteiger partial charge in [-0.2, -0.15) is 5.26 Å². The van der Waals surface area contributed by atoms with Gasteiger partial charge in [0.2, 0.25) is 0 Å². The molecule has 0 unspecified atom stereocenters. The molecular formula is C20H20N4O. The van der Waals surface area contributed by atoms with E-state index < -0.39 is 0 Å². The van der Waals surface area contributed by atoms with Gasteiger partial charge in [0, 0.05) is 0 Å². The normalized spacial score (nSPS) is 10.4. The molecule has 0 atom stereocenters. The largest absolute Gasteiger partial charge is 0.471 e. The summed E-state index contributed by atoms with van der Waals surface area (Å²) < 4.78 is 7.38. The number of nitriles is 1. The molecule has 1 aromatic heterocycles. The second-order valence-electron chi connectivity index (χ2n) is 6.04. The smallest absolute Gasteiger partial charge is 0.253 e. The summed E-state index contributed by atoms with van der Waals surface area (Å²) in [5, 5.41) is 13.8. The molecule has 0 bridgehead atoms. The summed E-state index contributed by atoms with van der Waals surface area (Å²) in [7, 11) is 0. The Balaban J connectivity index is 1.83. The van der Waals surface area contributed by atoms with E-state index in [-0.39, 0.29) is 11.4 Å². The van der Waals surface area contributed by atoms with Crippen molar-refractivity contribution < 1.29 is 4.74 Å². The summed E-state index contributed by atoms with van der Waals surface area (Å²) in [5.74, 6) is 0.597. The van der Waals surface area contributed by atoms with Gasteiger partial charge in [-0.05, 0) is 30.5 Å². The lowest BCUT2D eigenvalue weighted by Crippen LogP contribution is -2.07. The Morgan fingerprint density at radius 2 is 1.96 bits per heavy atom. The molecule has 0 saturated heterocycles. The second-order valence-corrected chi connectivity index (χ2v) is 6.04. The number of hydrogen-bond donors (Lipinski definition) is 1. The lowest BCUT2D eigenvalue weighted by Gasteiger charge is -2.07. The molecule has 5 heteroatoms. The van der Waals surface area contributed by atoms with Gasteiger partial charge in [0.15, 0.2) is 5.56 Å². The van der Waals surface area contributed by atoms with Gasteiger partial charge in [0.1, 0.15) is 18.5 Å². The number of aryl methyl sites for hydroxylation is 2. The molecule has 2 aromatic carbocycles. The van der Waals surface area contributed by atoms with Crippen molar-refractivity contribution in [3.05, 3.63) is 76.3 Å². The second kappa shape index (κ2) is 7.10. The summed E-state index contributed by atoms with van der Waals surface area (Å²) in [6, 6.07) is 18.1. The van der Waals surface area contributed by atoms with E-state index in [0.717, 1.165) is 22.3 Å². The van der Waals surface area contributed by atoms with Crippen molar-refractivity contribution in [3.63, 3.8) is 0 Å². The Kier molecular flexibility index (Phi) is 4.71. The van der Waals surface area contributed by atoms with E-state index in [1.165, 1.54) is 0 Å². The zero-order chi connectivity index (χ0) is 17.8. The molecule has 5 nitrogen and oxygen atoms in total. The van der Waals surface area contributed by atoms with Crippen LogP contribution in [0.25, 0.3) is 0 Å². The molecule has 0 aliphatic carbocycles. The Morgan fingerprint density at radius 3 is 2.68 bits per heavy atom. The van der Waals surface area contributed by atoms with E-state index in [9.17, 15) is 5.26 Å². The summed E-state index contributed by atoms with van der Waals surface area (Å²) in [6.45, 7) is 4.91. The molecule has 3 rings (SSSR count). The van der Waals surface area contributed by atoms with E-state index in [1.54, 1.807) is 4.68 Å². The van der Waals surface area contributed by atoms with Gasteiger partial charge in [0.05, 0.1) is 6.54 Å². The average Bonchev–Trinajstić information content (AvgIpc) is 2.90. The number of ether oxygens (including phenoxy) is 1. The first-order chi connectivity index (χ1) is 12.1. The maximum atomic E-state index is 9.41. The van der Waals surface area contributed by atoms with E-state index in [2.05, 4.69) is 11.2 Å². The quantitative estimate of drug-likeness (QED) is 0.774. The third-order valence-electron chi connectivity index (χ3n) is 4.11. The minimum Gasteiger partial charge on any atom is -0.471 e. The van der Waals surface area contributed by atoms with Crippen molar-refractivity contribution in [2.75, 3.05) is 5.73 Å². The van der Waals surface area contributed by atoms with Crippen LogP contribution >= 0.6 is 0 Å². The third kappa shape index (κ3) is 3.64. The Bertz CT molecular complexity index is 937. The van der Waals surface area contributed by atoms with Gasteiger partial charge < -0.3 is 10.5 Å². The molecule has 0 aliphatic heterocycles. The van der Waals surface area contributed by atoms with Crippen LogP contribution in [0.15, 0.2) is 48.5 Å². The van der Waals surface area contributed by atoms with Crippen molar-refractivity contribution in [1.29, 1.82) is 5.26 Å².